The second kappa shape index (κ2) is 6.18. The van der Waals surface area contributed by atoms with Gasteiger partial charge < -0.3 is 5.11 Å². The zero-order valence-electron chi connectivity index (χ0n) is 12.8. The largest absolute Gasteiger partial charge is 0.480 e. The molecule has 1 atom stereocenters. The lowest BCUT2D eigenvalue weighted by molar-refractivity contribution is -0.145. The summed E-state index contributed by atoms with van der Waals surface area (Å²) in [4.78, 5) is 14.0. The third kappa shape index (κ3) is 2.98. The van der Waals surface area contributed by atoms with Crippen LogP contribution < -0.4 is 0 Å². The zero-order valence-corrected chi connectivity index (χ0v) is 12.8. The van der Waals surface area contributed by atoms with E-state index in [2.05, 4.69) is 30.0 Å². The Morgan fingerprint density at radius 1 is 1.19 bits per heavy atom. The van der Waals surface area contributed by atoms with Crippen LogP contribution in [-0.2, 0) is 17.8 Å². The number of carboxylic acid groups (broad SMARTS) is 1. The van der Waals surface area contributed by atoms with Crippen molar-refractivity contribution in [3.8, 4) is 0 Å². The number of nitrogens with zero attached hydrogens (tertiary/aromatic N) is 1. The first kappa shape index (κ1) is 14.6. The van der Waals surface area contributed by atoms with Crippen molar-refractivity contribution in [1.29, 1.82) is 0 Å². The van der Waals surface area contributed by atoms with Crippen LogP contribution in [-0.4, -0.2) is 28.1 Å². The number of carboxylic acids is 1. The number of hydrogen-bond acceptors (Lipinski definition) is 2. The fourth-order valence-electron chi connectivity index (χ4n) is 4.04. The van der Waals surface area contributed by atoms with Crippen LogP contribution in [0.3, 0.4) is 0 Å². The van der Waals surface area contributed by atoms with E-state index in [1.807, 2.05) is 6.07 Å². The summed E-state index contributed by atoms with van der Waals surface area (Å²) in [6, 6.07) is 8.41. The number of aliphatic carboxylic acids is 1. The number of rotatable bonds is 3. The monoisotopic (exact) mass is 287 g/mol. The minimum absolute atomic E-state index is 0.344. The minimum Gasteiger partial charge on any atom is -0.480 e. The molecule has 0 spiro atoms. The van der Waals surface area contributed by atoms with Crippen molar-refractivity contribution in [2.45, 2.75) is 64.1 Å². The molecular formula is C18H25NO2. The highest BCUT2D eigenvalue weighted by Crippen LogP contribution is 2.34. The van der Waals surface area contributed by atoms with Crippen molar-refractivity contribution in [2.24, 2.45) is 5.92 Å². The number of fused-ring (bicyclic) bond motifs is 1. The normalized spacial score (nSPS) is 29.9. The molecule has 0 radical (unpaired) electrons. The summed E-state index contributed by atoms with van der Waals surface area (Å²) in [6.45, 7) is 3.07. The summed E-state index contributed by atoms with van der Waals surface area (Å²) in [5.41, 5.74) is 2.52. The maximum Gasteiger partial charge on any atom is 0.321 e. The van der Waals surface area contributed by atoms with E-state index in [9.17, 15) is 9.90 Å². The second-order valence-corrected chi connectivity index (χ2v) is 6.58. The zero-order chi connectivity index (χ0) is 14.8. The number of hydrogen-bond donors (Lipinski definition) is 1. The molecule has 21 heavy (non-hydrogen) atoms. The fraction of sp³-hybridized carbons (Fsp3) is 0.611. The molecule has 1 heterocycles. The Hall–Kier alpha value is -1.35. The van der Waals surface area contributed by atoms with E-state index in [4.69, 9.17) is 0 Å². The molecular weight excluding hydrogens is 262 g/mol. The lowest BCUT2D eigenvalue weighted by Gasteiger charge is -2.42. The molecule has 1 aromatic carbocycles. The van der Waals surface area contributed by atoms with Gasteiger partial charge in [-0.3, -0.25) is 9.69 Å². The van der Waals surface area contributed by atoms with Gasteiger partial charge in [0.05, 0.1) is 0 Å². The summed E-state index contributed by atoms with van der Waals surface area (Å²) in [5.74, 6) is 0.184. The molecule has 0 unspecified atom stereocenters. The Balaban J connectivity index is 1.78. The molecule has 0 saturated heterocycles. The Kier molecular flexibility index (Phi) is 4.29. The molecule has 114 valence electrons. The first-order chi connectivity index (χ1) is 10.2. The standard InChI is InChI=1S/C18H25NO2/c1-2-13-7-9-16(10-8-13)19-12-15-6-4-3-5-14(15)11-17(19)18(20)21/h3-6,13,16-17H,2,7-12H2,1H3,(H,20,21)/t13?,16?,17-/m0/s1. The van der Waals surface area contributed by atoms with E-state index in [0.717, 1.165) is 25.3 Å². The van der Waals surface area contributed by atoms with Gasteiger partial charge in [-0.05, 0) is 49.1 Å². The van der Waals surface area contributed by atoms with Crippen LogP contribution in [0.1, 0.15) is 50.2 Å². The van der Waals surface area contributed by atoms with Gasteiger partial charge in [-0.15, -0.1) is 0 Å². The van der Waals surface area contributed by atoms with E-state index < -0.39 is 5.97 Å². The van der Waals surface area contributed by atoms with Crippen LogP contribution >= 0.6 is 0 Å². The molecule has 0 amide bonds. The van der Waals surface area contributed by atoms with Crippen molar-refractivity contribution in [3.05, 3.63) is 35.4 Å². The molecule has 2 aliphatic rings. The summed E-state index contributed by atoms with van der Waals surface area (Å²) in [7, 11) is 0. The molecule has 1 fully saturated rings. The lowest BCUT2D eigenvalue weighted by Crippen LogP contribution is -2.51. The van der Waals surface area contributed by atoms with Gasteiger partial charge in [0.2, 0.25) is 0 Å². The molecule has 3 nitrogen and oxygen atoms in total. The second-order valence-electron chi connectivity index (χ2n) is 6.58. The van der Waals surface area contributed by atoms with Gasteiger partial charge in [0.25, 0.3) is 0 Å². The Bertz CT molecular complexity index is 506. The van der Waals surface area contributed by atoms with Crippen LogP contribution in [0, 0.1) is 5.92 Å². The molecule has 3 rings (SSSR count). The van der Waals surface area contributed by atoms with Crippen molar-refractivity contribution in [3.63, 3.8) is 0 Å². The summed E-state index contributed by atoms with van der Waals surface area (Å²) < 4.78 is 0. The highest BCUT2D eigenvalue weighted by molar-refractivity contribution is 5.74. The predicted octanol–water partition coefficient (Wildman–Crippen LogP) is 3.47. The molecule has 1 N–H and O–H groups in total. The maximum atomic E-state index is 11.7. The Morgan fingerprint density at radius 2 is 1.86 bits per heavy atom. The minimum atomic E-state index is -0.665. The molecule has 1 aliphatic heterocycles. The SMILES string of the molecule is CCC1CCC(N2Cc3ccccc3C[C@H]2C(=O)O)CC1. The van der Waals surface area contributed by atoms with Crippen LogP contribution in [0.5, 0.6) is 0 Å². The van der Waals surface area contributed by atoms with E-state index in [0.29, 0.717) is 12.5 Å². The smallest absolute Gasteiger partial charge is 0.321 e. The van der Waals surface area contributed by atoms with E-state index in [-0.39, 0.29) is 6.04 Å². The van der Waals surface area contributed by atoms with Crippen molar-refractivity contribution < 1.29 is 9.90 Å². The molecule has 0 aromatic heterocycles. The summed E-state index contributed by atoms with van der Waals surface area (Å²) >= 11 is 0. The van der Waals surface area contributed by atoms with Crippen LogP contribution in [0.15, 0.2) is 24.3 Å². The lowest BCUT2D eigenvalue weighted by atomic mass is 9.82. The van der Waals surface area contributed by atoms with Gasteiger partial charge in [0, 0.05) is 12.6 Å². The summed E-state index contributed by atoms with van der Waals surface area (Å²) in [5, 5.41) is 9.62. The van der Waals surface area contributed by atoms with Gasteiger partial charge in [-0.25, -0.2) is 0 Å². The van der Waals surface area contributed by atoms with E-state index in [1.54, 1.807) is 0 Å². The number of carbonyl (C=O) groups is 1. The van der Waals surface area contributed by atoms with Gasteiger partial charge >= 0.3 is 5.97 Å². The van der Waals surface area contributed by atoms with Crippen molar-refractivity contribution >= 4 is 5.97 Å². The Labute approximate surface area is 127 Å². The highest BCUT2D eigenvalue weighted by Gasteiger charge is 2.36. The highest BCUT2D eigenvalue weighted by atomic mass is 16.4. The quantitative estimate of drug-likeness (QED) is 0.925. The topological polar surface area (TPSA) is 40.5 Å². The molecule has 1 saturated carbocycles. The molecule has 1 aromatic rings. The van der Waals surface area contributed by atoms with E-state index in [1.165, 1.54) is 30.4 Å². The van der Waals surface area contributed by atoms with Crippen molar-refractivity contribution in [1.82, 2.24) is 4.90 Å². The molecule has 1 aliphatic carbocycles. The summed E-state index contributed by atoms with van der Waals surface area (Å²) in [6.07, 6.45) is 6.74. The third-order valence-electron chi connectivity index (χ3n) is 5.43. The van der Waals surface area contributed by atoms with Crippen LogP contribution in [0.25, 0.3) is 0 Å². The van der Waals surface area contributed by atoms with Gasteiger partial charge in [-0.1, -0.05) is 37.6 Å². The fourth-order valence-corrected chi connectivity index (χ4v) is 4.04. The molecule has 3 heteroatoms. The number of benzene rings is 1. The van der Waals surface area contributed by atoms with Gasteiger partial charge in [0.1, 0.15) is 6.04 Å². The Morgan fingerprint density at radius 3 is 2.48 bits per heavy atom. The first-order valence-corrected chi connectivity index (χ1v) is 8.24. The van der Waals surface area contributed by atoms with Crippen LogP contribution in [0.2, 0.25) is 0 Å². The van der Waals surface area contributed by atoms with Gasteiger partial charge in [0.15, 0.2) is 0 Å². The average Bonchev–Trinajstić information content (AvgIpc) is 2.53. The molecule has 0 bridgehead atoms. The average molecular weight is 287 g/mol. The first-order valence-electron chi connectivity index (χ1n) is 8.24. The van der Waals surface area contributed by atoms with E-state index >= 15 is 0 Å². The van der Waals surface area contributed by atoms with Gasteiger partial charge in [-0.2, -0.15) is 0 Å². The van der Waals surface area contributed by atoms with Crippen molar-refractivity contribution in [2.75, 3.05) is 0 Å². The predicted molar refractivity (Wildman–Crippen MR) is 83.1 cm³/mol. The third-order valence-corrected chi connectivity index (χ3v) is 5.43. The maximum absolute atomic E-state index is 11.7. The van der Waals surface area contributed by atoms with Crippen LogP contribution in [0.4, 0.5) is 0 Å².